The van der Waals surface area contributed by atoms with E-state index in [1.165, 1.54) is 0 Å². The molecule has 1 fully saturated rings. The predicted octanol–water partition coefficient (Wildman–Crippen LogP) is 0.471. The van der Waals surface area contributed by atoms with Crippen LogP contribution in [0.25, 0.3) is 0 Å². The van der Waals surface area contributed by atoms with Gasteiger partial charge < -0.3 is 5.73 Å². The molecular weight excluding hydrogens is 264 g/mol. The Morgan fingerprint density at radius 3 is 2.81 bits per heavy atom. The molecule has 0 amide bonds. The molecule has 16 heavy (non-hydrogen) atoms. The molecule has 2 N–H and O–H groups in total. The molecule has 0 aromatic rings. The second-order valence-electron chi connectivity index (χ2n) is 3.80. The first-order valence-corrected chi connectivity index (χ1v) is 8.52. The molecule has 94 valence electrons. The fourth-order valence-electron chi connectivity index (χ4n) is 1.70. The topological polar surface area (TPSA) is 63.4 Å². The molecule has 1 saturated heterocycles. The Bertz CT molecular complexity index is 356. The Balaban J connectivity index is 2.92. The molecule has 7 heteroatoms. The summed E-state index contributed by atoms with van der Waals surface area (Å²) in [5.41, 5.74) is 5.60. The molecule has 0 radical (unpaired) electrons. The van der Waals surface area contributed by atoms with E-state index in [4.69, 9.17) is 18.0 Å². The standard InChI is InChI=1S/C9H18N2O2S3/c1-3-16(12,13)8-6-15-5-4-11(8)7(2)9(10)14/h7-8H,3-6H2,1-2H3,(H2,10,14). The highest BCUT2D eigenvalue weighted by molar-refractivity contribution is 8.01. The van der Waals surface area contributed by atoms with Crippen molar-refractivity contribution in [3.05, 3.63) is 0 Å². The fourth-order valence-corrected chi connectivity index (χ4v) is 4.94. The van der Waals surface area contributed by atoms with E-state index < -0.39 is 15.2 Å². The lowest BCUT2D eigenvalue weighted by molar-refractivity contribution is 0.250. The summed E-state index contributed by atoms with van der Waals surface area (Å²) in [4.78, 5) is 2.28. The van der Waals surface area contributed by atoms with Gasteiger partial charge in [-0.25, -0.2) is 8.42 Å². The van der Waals surface area contributed by atoms with Gasteiger partial charge in [-0.05, 0) is 6.92 Å². The molecule has 0 spiro atoms. The first-order chi connectivity index (χ1) is 7.40. The van der Waals surface area contributed by atoms with Crippen molar-refractivity contribution in [1.82, 2.24) is 4.90 Å². The Morgan fingerprint density at radius 2 is 2.31 bits per heavy atom. The van der Waals surface area contributed by atoms with E-state index in [2.05, 4.69) is 0 Å². The number of sulfone groups is 1. The number of nitrogens with zero attached hydrogens (tertiary/aromatic N) is 1. The average molecular weight is 282 g/mol. The highest BCUT2D eigenvalue weighted by atomic mass is 32.2. The Kier molecular flexibility index (Phi) is 5.03. The highest BCUT2D eigenvalue weighted by Crippen LogP contribution is 2.23. The summed E-state index contributed by atoms with van der Waals surface area (Å²) in [6, 6.07) is -0.151. The first-order valence-electron chi connectivity index (χ1n) is 5.24. The predicted molar refractivity (Wildman–Crippen MR) is 73.5 cm³/mol. The Labute approximate surface area is 107 Å². The summed E-state index contributed by atoms with van der Waals surface area (Å²) in [5.74, 6) is 1.71. The molecule has 2 atom stereocenters. The summed E-state index contributed by atoms with van der Waals surface area (Å²) < 4.78 is 23.9. The maximum Gasteiger partial charge on any atom is 0.166 e. The number of thioether (sulfide) groups is 1. The molecule has 1 heterocycles. The third-order valence-electron chi connectivity index (χ3n) is 2.85. The second-order valence-corrected chi connectivity index (χ2v) is 7.87. The zero-order chi connectivity index (χ0) is 12.3. The van der Waals surface area contributed by atoms with E-state index in [1.807, 2.05) is 11.8 Å². The summed E-state index contributed by atoms with van der Waals surface area (Å²) in [6.45, 7) is 4.28. The van der Waals surface area contributed by atoms with Crippen LogP contribution in [0, 0.1) is 0 Å². The molecule has 1 aliphatic heterocycles. The van der Waals surface area contributed by atoms with E-state index in [-0.39, 0.29) is 11.8 Å². The van der Waals surface area contributed by atoms with Crippen molar-refractivity contribution in [2.45, 2.75) is 25.3 Å². The van der Waals surface area contributed by atoms with Crippen molar-refractivity contribution in [1.29, 1.82) is 0 Å². The minimum Gasteiger partial charge on any atom is -0.392 e. The van der Waals surface area contributed by atoms with Crippen molar-refractivity contribution in [2.24, 2.45) is 5.73 Å². The SMILES string of the molecule is CCS(=O)(=O)C1CSCCN1C(C)C(N)=S. The number of rotatable bonds is 4. The van der Waals surface area contributed by atoms with Gasteiger partial charge in [0.2, 0.25) is 0 Å². The summed E-state index contributed by atoms with van der Waals surface area (Å²) in [7, 11) is -3.06. The van der Waals surface area contributed by atoms with Crippen molar-refractivity contribution in [3.63, 3.8) is 0 Å². The van der Waals surface area contributed by atoms with Gasteiger partial charge in [0.25, 0.3) is 0 Å². The van der Waals surface area contributed by atoms with E-state index in [0.717, 1.165) is 12.3 Å². The van der Waals surface area contributed by atoms with Crippen LogP contribution in [0.4, 0.5) is 0 Å². The van der Waals surface area contributed by atoms with Crippen LogP contribution >= 0.6 is 24.0 Å². The normalized spacial score (nSPS) is 25.2. The van der Waals surface area contributed by atoms with Crippen molar-refractivity contribution in [2.75, 3.05) is 23.8 Å². The molecule has 0 aromatic heterocycles. The van der Waals surface area contributed by atoms with E-state index in [1.54, 1.807) is 18.7 Å². The summed E-state index contributed by atoms with van der Waals surface area (Å²) >= 11 is 6.62. The van der Waals surface area contributed by atoms with Crippen LogP contribution in [0.3, 0.4) is 0 Å². The Morgan fingerprint density at radius 1 is 1.69 bits per heavy atom. The smallest absolute Gasteiger partial charge is 0.166 e. The third-order valence-corrected chi connectivity index (χ3v) is 6.50. The number of hydrogen-bond donors (Lipinski definition) is 1. The largest absolute Gasteiger partial charge is 0.392 e. The van der Waals surface area contributed by atoms with Gasteiger partial charge in [0.1, 0.15) is 5.37 Å². The highest BCUT2D eigenvalue weighted by Gasteiger charge is 2.35. The first kappa shape index (κ1) is 14.2. The van der Waals surface area contributed by atoms with Crippen LogP contribution in [0.15, 0.2) is 0 Å². The lowest BCUT2D eigenvalue weighted by Crippen LogP contribution is -2.54. The van der Waals surface area contributed by atoms with Crippen LogP contribution in [0.5, 0.6) is 0 Å². The van der Waals surface area contributed by atoms with Gasteiger partial charge in [0.05, 0.1) is 11.0 Å². The average Bonchev–Trinajstić information content (AvgIpc) is 2.28. The maximum absolute atomic E-state index is 12.0. The lowest BCUT2D eigenvalue weighted by atomic mass is 10.3. The van der Waals surface area contributed by atoms with Crippen LogP contribution in [-0.4, -0.2) is 53.5 Å². The zero-order valence-corrected chi connectivity index (χ0v) is 12.0. The van der Waals surface area contributed by atoms with Gasteiger partial charge in [-0.2, -0.15) is 11.8 Å². The van der Waals surface area contributed by atoms with Crippen LogP contribution < -0.4 is 5.73 Å². The summed E-state index contributed by atoms with van der Waals surface area (Å²) in [5, 5.41) is -0.437. The zero-order valence-electron chi connectivity index (χ0n) is 9.55. The van der Waals surface area contributed by atoms with Gasteiger partial charge in [0, 0.05) is 23.8 Å². The minimum atomic E-state index is -3.06. The maximum atomic E-state index is 12.0. The fraction of sp³-hybridized carbons (Fsp3) is 0.889. The van der Waals surface area contributed by atoms with Crippen molar-refractivity contribution in [3.8, 4) is 0 Å². The number of hydrogen-bond acceptors (Lipinski definition) is 5. The van der Waals surface area contributed by atoms with Gasteiger partial charge in [-0.1, -0.05) is 19.1 Å². The Hall–Kier alpha value is 0.150. The molecule has 0 aromatic carbocycles. The monoisotopic (exact) mass is 282 g/mol. The molecular formula is C9H18N2O2S3. The molecule has 0 saturated carbocycles. The van der Waals surface area contributed by atoms with Gasteiger partial charge >= 0.3 is 0 Å². The van der Waals surface area contributed by atoms with Gasteiger partial charge in [-0.3, -0.25) is 4.90 Å². The summed E-state index contributed by atoms with van der Waals surface area (Å²) in [6.07, 6.45) is 0. The van der Waals surface area contributed by atoms with Crippen molar-refractivity contribution < 1.29 is 8.42 Å². The third kappa shape index (κ3) is 3.09. The van der Waals surface area contributed by atoms with E-state index >= 15 is 0 Å². The molecule has 1 aliphatic rings. The van der Waals surface area contributed by atoms with Crippen molar-refractivity contribution >= 4 is 38.8 Å². The number of nitrogens with two attached hydrogens (primary N) is 1. The van der Waals surface area contributed by atoms with Crippen LogP contribution in [0.1, 0.15) is 13.8 Å². The quantitative estimate of drug-likeness (QED) is 0.756. The van der Waals surface area contributed by atoms with Gasteiger partial charge in [-0.15, -0.1) is 0 Å². The van der Waals surface area contributed by atoms with Gasteiger partial charge in [0.15, 0.2) is 9.84 Å². The van der Waals surface area contributed by atoms with Crippen LogP contribution in [-0.2, 0) is 9.84 Å². The molecule has 0 aliphatic carbocycles. The lowest BCUT2D eigenvalue weighted by Gasteiger charge is -2.38. The van der Waals surface area contributed by atoms with E-state index in [0.29, 0.717) is 10.7 Å². The second kappa shape index (κ2) is 5.66. The molecule has 4 nitrogen and oxygen atoms in total. The van der Waals surface area contributed by atoms with Crippen LogP contribution in [0.2, 0.25) is 0 Å². The molecule has 0 bridgehead atoms. The minimum absolute atomic E-state index is 0.151. The molecule has 1 rings (SSSR count). The van der Waals surface area contributed by atoms with E-state index in [9.17, 15) is 8.42 Å². The number of thiocarbonyl (C=S) groups is 1. The molecule has 2 unspecified atom stereocenters.